The van der Waals surface area contributed by atoms with Crippen LogP contribution in [-0.4, -0.2) is 24.3 Å². The minimum absolute atomic E-state index is 0.344. The van der Waals surface area contributed by atoms with Crippen molar-refractivity contribution in [2.24, 2.45) is 0 Å². The summed E-state index contributed by atoms with van der Waals surface area (Å²) in [6.07, 6.45) is 20.1. The monoisotopic (exact) mass is 307 g/mol. The van der Waals surface area contributed by atoms with E-state index in [1.54, 1.807) is 0 Å². The first kappa shape index (κ1) is 19.3. The molecule has 1 aliphatic rings. The molecule has 22 heavy (non-hydrogen) atoms. The number of likely N-dealkylation sites (N-methyl/N-ethyl adjacent to an activating group) is 1. The van der Waals surface area contributed by atoms with Crippen molar-refractivity contribution in [3.05, 3.63) is 11.8 Å². The fourth-order valence-electron chi connectivity index (χ4n) is 3.25. The van der Waals surface area contributed by atoms with Gasteiger partial charge >= 0.3 is 0 Å². The summed E-state index contributed by atoms with van der Waals surface area (Å²) in [4.78, 5) is 14.0. The summed E-state index contributed by atoms with van der Waals surface area (Å²) < 4.78 is 0. The highest BCUT2D eigenvalue weighted by molar-refractivity contribution is 5.95. The van der Waals surface area contributed by atoms with Crippen molar-refractivity contribution < 1.29 is 4.79 Å². The maximum atomic E-state index is 11.8. The van der Waals surface area contributed by atoms with Gasteiger partial charge in [0, 0.05) is 20.0 Å². The molecule has 0 N–H and O–H groups in total. The van der Waals surface area contributed by atoms with Gasteiger partial charge in [-0.2, -0.15) is 0 Å². The Balaban J connectivity index is 1.91. The fraction of sp³-hybridized carbons (Fsp3) is 0.850. The highest BCUT2D eigenvalue weighted by Crippen LogP contribution is 2.17. The fourth-order valence-corrected chi connectivity index (χ4v) is 3.25. The van der Waals surface area contributed by atoms with E-state index < -0.39 is 0 Å². The Labute approximate surface area is 138 Å². The number of ketones is 1. The Kier molecular flexibility index (Phi) is 11.1. The van der Waals surface area contributed by atoms with E-state index in [0.717, 1.165) is 31.5 Å². The van der Waals surface area contributed by atoms with Crippen LogP contribution in [0.1, 0.15) is 96.8 Å². The lowest BCUT2D eigenvalue weighted by atomic mass is 10.0. The van der Waals surface area contributed by atoms with Crippen LogP contribution in [0.5, 0.6) is 0 Å². The van der Waals surface area contributed by atoms with Crippen molar-refractivity contribution in [1.29, 1.82) is 0 Å². The maximum absolute atomic E-state index is 11.8. The van der Waals surface area contributed by atoms with Crippen molar-refractivity contribution in [2.75, 3.05) is 13.6 Å². The van der Waals surface area contributed by atoms with Gasteiger partial charge in [0.2, 0.25) is 0 Å². The van der Waals surface area contributed by atoms with Gasteiger partial charge in [-0.15, -0.1) is 0 Å². The van der Waals surface area contributed by atoms with E-state index in [4.69, 9.17) is 0 Å². The highest BCUT2D eigenvalue weighted by Gasteiger charge is 2.16. The van der Waals surface area contributed by atoms with Crippen molar-refractivity contribution >= 4 is 5.78 Å². The van der Waals surface area contributed by atoms with Gasteiger partial charge in [0.1, 0.15) is 0 Å². The molecule has 2 nitrogen and oxygen atoms in total. The molecular weight excluding hydrogens is 270 g/mol. The van der Waals surface area contributed by atoms with Gasteiger partial charge < -0.3 is 4.90 Å². The topological polar surface area (TPSA) is 20.3 Å². The van der Waals surface area contributed by atoms with E-state index in [-0.39, 0.29) is 0 Å². The smallest absolute Gasteiger partial charge is 0.178 e. The Bertz CT molecular complexity index is 322. The zero-order valence-corrected chi connectivity index (χ0v) is 15.0. The molecule has 0 atom stereocenters. The molecule has 0 saturated heterocycles. The van der Waals surface area contributed by atoms with Gasteiger partial charge in [-0.1, -0.05) is 77.2 Å². The first-order chi connectivity index (χ1) is 10.8. The van der Waals surface area contributed by atoms with E-state index >= 15 is 0 Å². The Morgan fingerprint density at radius 2 is 1.45 bits per heavy atom. The molecule has 128 valence electrons. The van der Waals surface area contributed by atoms with E-state index in [9.17, 15) is 4.79 Å². The minimum atomic E-state index is 0.344. The molecule has 0 heterocycles. The van der Waals surface area contributed by atoms with Crippen LogP contribution in [0.4, 0.5) is 0 Å². The molecule has 1 rings (SSSR count). The average molecular weight is 308 g/mol. The number of nitrogens with zero attached hydrogens (tertiary/aromatic N) is 1. The summed E-state index contributed by atoms with van der Waals surface area (Å²) in [5, 5.41) is 0. The number of hydrogen-bond donors (Lipinski definition) is 0. The van der Waals surface area contributed by atoms with Crippen molar-refractivity contribution in [2.45, 2.75) is 96.8 Å². The van der Waals surface area contributed by atoms with E-state index in [1.165, 1.54) is 70.6 Å². The quantitative estimate of drug-likeness (QED) is 0.397. The number of rotatable bonds is 13. The molecule has 0 saturated carbocycles. The van der Waals surface area contributed by atoms with E-state index in [1.807, 2.05) is 0 Å². The number of hydrogen-bond acceptors (Lipinski definition) is 2. The van der Waals surface area contributed by atoms with Crippen molar-refractivity contribution in [3.63, 3.8) is 0 Å². The minimum Gasteiger partial charge on any atom is -0.372 e. The lowest BCUT2D eigenvalue weighted by Gasteiger charge is -2.24. The number of allylic oxidation sites excluding steroid dienone is 2. The normalized spacial score (nSPS) is 15.0. The molecule has 2 heteroatoms. The summed E-state index contributed by atoms with van der Waals surface area (Å²) in [5.74, 6) is 0.344. The van der Waals surface area contributed by atoms with Crippen LogP contribution in [0, 0.1) is 0 Å². The summed E-state index contributed by atoms with van der Waals surface area (Å²) >= 11 is 0. The number of carbonyl (C=O) groups excluding carboxylic acids is 1. The third-order valence-electron chi connectivity index (χ3n) is 4.74. The molecule has 1 aliphatic carbocycles. The lowest BCUT2D eigenvalue weighted by molar-refractivity contribution is -0.117. The maximum Gasteiger partial charge on any atom is 0.178 e. The summed E-state index contributed by atoms with van der Waals surface area (Å²) in [6, 6.07) is 0. The van der Waals surface area contributed by atoms with E-state index in [2.05, 4.69) is 24.9 Å². The number of carbonyl (C=O) groups is 1. The predicted octanol–water partition coefficient (Wildman–Crippen LogP) is 5.87. The number of unbranched alkanes of at least 4 members (excludes halogenated alkanes) is 10. The first-order valence-electron chi connectivity index (χ1n) is 9.70. The van der Waals surface area contributed by atoms with Crippen LogP contribution in [0.25, 0.3) is 0 Å². The zero-order valence-electron chi connectivity index (χ0n) is 15.0. The first-order valence-corrected chi connectivity index (χ1v) is 9.70. The lowest BCUT2D eigenvalue weighted by Crippen LogP contribution is -2.26. The second-order valence-corrected chi connectivity index (χ2v) is 6.86. The van der Waals surface area contributed by atoms with Gasteiger partial charge in [-0.05, 0) is 19.3 Å². The molecule has 0 bridgehead atoms. The summed E-state index contributed by atoms with van der Waals surface area (Å²) in [5.41, 5.74) is 0.971. The molecule has 0 aromatic heterocycles. The highest BCUT2D eigenvalue weighted by atomic mass is 16.1. The molecule has 0 spiro atoms. The second kappa shape index (κ2) is 12.7. The third-order valence-corrected chi connectivity index (χ3v) is 4.74. The molecule has 0 aromatic rings. The van der Waals surface area contributed by atoms with Crippen LogP contribution in [0.2, 0.25) is 0 Å². The van der Waals surface area contributed by atoms with Crippen LogP contribution in [0.3, 0.4) is 0 Å². The van der Waals surface area contributed by atoms with Gasteiger partial charge in [-0.3, -0.25) is 4.79 Å². The zero-order chi connectivity index (χ0) is 16.0. The van der Waals surface area contributed by atoms with Gasteiger partial charge in [0.25, 0.3) is 0 Å². The Morgan fingerprint density at radius 3 is 2.00 bits per heavy atom. The van der Waals surface area contributed by atoms with Crippen LogP contribution in [0.15, 0.2) is 11.8 Å². The van der Waals surface area contributed by atoms with Crippen LogP contribution < -0.4 is 0 Å². The second-order valence-electron chi connectivity index (χ2n) is 6.86. The number of Topliss-reactive ketones (excluding diaryl/α,β-unsaturated/α-hetero) is 1. The summed E-state index contributed by atoms with van der Waals surface area (Å²) in [6.45, 7) is 3.31. The van der Waals surface area contributed by atoms with Crippen LogP contribution >= 0.6 is 0 Å². The van der Waals surface area contributed by atoms with Crippen molar-refractivity contribution in [1.82, 2.24) is 4.90 Å². The Hall–Kier alpha value is -0.790. The van der Waals surface area contributed by atoms with Gasteiger partial charge in [0.05, 0.1) is 5.70 Å². The van der Waals surface area contributed by atoms with Crippen molar-refractivity contribution in [3.8, 4) is 0 Å². The molecule has 0 unspecified atom stereocenters. The molecule has 0 fully saturated rings. The van der Waals surface area contributed by atoms with Crippen LogP contribution in [-0.2, 0) is 4.79 Å². The molecule has 0 aromatic carbocycles. The Morgan fingerprint density at radius 1 is 0.909 bits per heavy atom. The molecule has 0 aliphatic heterocycles. The average Bonchev–Trinajstić information content (AvgIpc) is 2.53. The predicted molar refractivity (Wildman–Crippen MR) is 96.0 cm³/mol. The SMILES string of the molecule is CCCCCCCCCCCCCN(C)C1=CCCCC1=O. The standard InChI is InChI=1S/C20H37NO/c1-3-4-5-6-7-8-9-10-11-12-15-18-21(2)19-16-13-14-17-20(19)22/h16H,3-15,17-18H2,1-2H3. The molecular formula is C20H37NO. The largest absolute Gasteiger partial charge is 0.372 e. The molecule has 0 amide bonds. The third kappa shape index (κ3) is 8.60. The van der Waals surface area contributed by atoms with Gasteiger partial charge in [0.15, 0.2) is 5.78 Å². The molecule has 0 radical (unpaired) electrons. The summed E-state index contributed by atoms with van der Waals surface area (Å²) in [7, 11) is 2.07. The van der Waals surface area contributed by atoms with Gasteiger partial charge in [-0.25, -0.2) is 0 Å². The van der Waals surface area contributed by atoms with E-state index in [0.29, 0.717) is 5.78 Å².